The van der Waals surface area contributed by atoms with Gasteiger partial charge in [0.1, 0.15) is 12.4 Å². The van der Waals surface area contributed by atoms with Crippen LogP contribution in [0.3, 0.4) is 0 Å². The Morgan fingerprint density at radius 2 is 1.74 bits per heavy atom. The van der Waals surface area contributed by atoms with Crippen molar-refractivity contribution in [3.8, 4) is 5.75 Å². The summed E-state index contributed by atoms with van der Waals surface area (Å²) in [5.41, 5.74) is 4.29. The van der Waals surface area contributed by atoms with Gasteiger partial charge in [0.2, 0.25) is 0 Å². The van der Waals surface area contributed by atoms with Crippen LogP contribution >= 0.6 is 0 Å². The molecule has 178 valence electrons. The van der Waals surface area contributed by atoms with Crippen molar-refractivity contribution in [1.29, 1.82) is 0 Å². The molecule has 5 heteroatoms. The van der Waals surface area contributed by atoms with E-state index in [9.17, 15) is 9.59 Å². The molecule has 0 spiro atoms. The molecule has 0 bridgehead atoms. The molecular weight excluding hydrogens is 426 g/mol. The fraction of sp³-hybridized carbons (Fsp3) is 0.379. The number of nitrogens with one attached hydrogen (secondary N) is 1. The Kier molecular flexibility index (Phi) is 6.65. The lowest BCUT2D eigenvalue weighted by molar-refractivity contribution is -0.140. The molecule has 34 heavy (non-hydrogen) atoms. The van der Waals surface area contributed by atoms with Crippen molar-refractivity contribution in [2.45, 2.75) is 66.1 Å². The number of ketones is 1. The highest BCUT2D eigenvalue weighted by Gasteiger charge is 2.44. The van der Waals surface area contributed by atoms with Crippen molar-refractivity contribution < 1.29 is 19.1 Å². The number of benzene rings is 2. The van der Waals surface area contributed by atoms with Crippen molar-refractivity contribution in [3.05, 3.63) is 88.3 Å². The van der Waals surface area contributed by atoms with Crippen molar-refractivity contribution in [2.24, 2.45) is 5.41 Å². The van der Waals surface area contributed by atoms with Crippen LogP contribution in [0.1, 0.15) is 64.5 Å². The predicted octanol–water partition coefficient (Wildman–Crippen LogP) is 5.82. The van der Waals surface area contributed by atoms with E-state index in [1.807, 2.05) is 75.4 Å². The molecule has 0 saturated carbocycles. The van der Waals surface area contributed by atoms with Crippen LogP contribution in [-0.2, 0) is 20.9 Å². The maximum Gasteiger partial charge on any atom is 0.337 e. The summed E-state index contributed by atoms with van der Waals surface area (Å²) in [5.74, 6) is -0.237. The number of Topliss-reactive ketones (excluding diaryl/α,β-unsaturated/α-hetero) is 1. The Morgan fingerprint density at radius 3 is 2.44 bits per heavy atom. The average molecular weight is 460 g/mol. The number of allylic oxidation sites excluding steroid dienone is 3. The second kappa shape index (κ2) is 9.49. The zero-order valence-corrected chi connectivity index (χ0v) is 20.6. The van der Waals surface area contributed by atoms with Crippen LogP contribution in [-0.4, -0.2) is 17.9 Å². The van der Waals surface area contributed by atoms with Crippen molar-refractivity contribution in [3.63, 3.8) is 0 Å². The number of rotatable bonds is 6. The first-order chi connectivity index (χ1) is 16.2. The summed E-state index contributed by atoms with van der Waals surface area (Å²) < 4.78 is 11.9. The second-order valence-electron chi connectivity index (χ2n) is 10.2. The molecule has 1 N–H and O–H groups in total. The average Bonchev–Trinajstić information content (AvgIpc) is 2.76. The minimum absolute atomic E-state index is 0.0455. The van der Waals surface area contributed by atoms with Gasteiger partial charge >= 0.3 is 5.97 Å². The molecule has 2 aliphatic rings. The van der Waals surface area contributed by atoms with Gasteiger partial charge in [0.25, 0.3) is 0 Å². The Morgan fingerprint density at radius 1 is 1.06 bits per heavy atom. The Bertz CT molecular complexity index is 1160. The van der Waals surface area contributed by atoms with Gasteiger partial charge in [-0.1, -0.05) is 62.4 Å². The van der Waals surface area contributed by atoms with Crippen molar-refractivity contribution in [2.75, 3.05) is 0 Å². The van der Waals surface area contributed by atoms with Crippen LogP contribution in [0, 0.1) is 5.41 Å². The first-order valence-electron chi connectivity index (χ1n) is 11.9. The minimum Gasteiger partial charge on any atom is -0.491 e. The molecule has 1 heterocycles. The van der Waals surface area contributed by atoms with Crippen molar-refractivity contribution >= 4 is 11.8 Å². The van der Waals surface area contributed by atoms with Gasteiger partial charge in [0.15, 0.2) is 5.78 Å². The van der Waals surface area contributed by atoms with Crippen LogP contribution in [0.15, 0.2) is 77.1 Å². The number of carbonyl (C=O) groups excluding carboxylic acids is 2. The zero-order valence-electron chi connectivity index (χ0n) is 20.6. The molecule has 0 fully saturated rings. The molecule has 0 saturated heterocycles. The van der Waals surface area contributed by atoms with Crippen LogP contribution < -0.4 is 10.1 Å². The third-order valence-electron chi connectivity index (χ3n) is 6.27. The summed E-state index contributed by atoms with van der Waals surface area (Å²) in [6.45, 7) is 10.2. The van der Waals surface area contributed by atoms with E-state index in [1.54, 1.807) is 0 Å². The summed E-state index contributed by atoms with van der Waals surface area (Å²) in [7, 11) is 0. The van der Waals surface area contributed by atoms with Crippen molar-refractivity contribution in [1.82, 2.24) is 5.32 Å². The van der Waals surface area contributed by atoms with Gasteiger partial charge in [0.05, 0.1) is 17.6 Å². The molecule has 0 aromatic heterocycles. The van der Waals surface area contributed by atoms with E-state index in [0.29, 0.717) is 29.0 Å². The molecule has 4 rings (SSSR count). The molecular formula is C29H33NO4. The third kappa shape index (κ3) is 4.93. The van der Waals surface area contributed by atoms with Gasteiger partial charge in [-0.25, -0.2) is 4.79 Å². The van der Waals surface area contributed by atoms with E-state index in [4.69, 9.17) is 9.47 Å². The maximum absolute atomic E-state index is 13.5. The highest BCUT2D eigenvalue weighted by atomic mass is 16.5. The summed E-state index contributed by atoms with van der Waals surface area (Å²) >= 11 is 0. The smallest absolute Gasteiger partial charge is 0.337 e. The Hall–Kier alpha value is -3.34. The molecule has 0 unspecified atom stereocenters. The Labute approximate surface area is 201 Å². The fourth-order valence-corrected chi connectivity index (χ4v) is 4.90. The first kappa shape index (κ1) is 23.8. The molecule has 1 aliphatic heterocycles. The van der Waals surface area contributed by atoms with E-state index in [2.05, 4.69) is 19.2 Å². The number of hydrogen-bond donors (Lipinski definition) is 1. The quantitative estimate of drug-likeness (QED) is 0.552. The lowest BCUT2D eigenvalue weighted by atomic mass is 9.68. The largest absolute Gasteiger partial charge is 0.491 e. The van der Waals surface area contributed by atoms with Gasteiger partial charge in [-0.2, -0.15) is 0 Å². The van der Waals surface area contributed by atoms with Gasteiger partial charge in [-0.3, -0.25) is 4.79 Å². The standard InChI is InChI=1S/C29H33NO4/c1-18(2)34-24-14-10-9-13-21(24)26-25(28(32)33-17-20-11-7-6-8-12-20)19(3)30-22-15-29(4,5)16-23(31)27(22)26/h6-14,18,26,30H,15-17H2,1-5H3/t26-/m0/s1. The maximum atomic E-state index is 13.5. The first-order valence-corrected chi connectivity index (χ1v) is 11.9. The highest BCUT2D eigenvalue weighted by Crippen LogP contribution is 2.48. The fourth-order valence-electron chi connectivity index (χ4n) is 4.90. The van der Waals surface area contributed by atoms with E-state index in [1.165, 1.54) is 0 Å². The summed E-state index contributed by atoms with van der Waals surface area (Å²) in [6.07, 6.45) is 1.13. The van der Waals surface area contributed by atoms with Crippen LogP contribution in [0.2, 0.25) is 0 Å². The molecule has 2 aromatic carbocycles. The van der Waals surface area contributed by atoms with Gasteiger partial charge < -0.3 is 14.8 Å². The highest BCUT2D eigenvalue weighted by molar-refractivity contribution is 6.04. The lowest BCUT2D eigenvalue weighted by Crippen LogP contribution is -2.38. The molecule has 0 amide bonds. The molecule has 0 radical (unpaired) electrons. The second-order valence-corrected chi connectivity index (χ2v) is 10.2. The van der Waals surface area contributed by atoms with Crippen LogP contribution in [0.5, 0.6) is 5.75 Å². The zero-order chi connectivity index (χ0) is 24.5. The number of esters is 1. The van der Waals surface area contributed by atoms with Crippen LogP contribution in [0.4, 0.5) is 0 Å². The number of carbonyl (C=O) groups is 2. The summed E-state index contributed by atoms with van der Waals surface area (Å²) in [6, 6.07) is 17.3. The molecule has 5 nitrogen and oxygen atoms in total. The normalized spacial score (nSPS) is 19.6. The predicted molar refractivity (Wildman–Crippen MR) is 132 cm³/mol. The van der Waals surface area contributed by atoms with E-state index in [-0.39, 0.29) is 23.9 Å². The third-order valence-corrected chi connectivity index (χ3v) is 6.27. The van der Waals surface area contributed by atoms with E-state index in [0.717, 1.165) is 23.2 Å². The monoisotopic (exact) mass is 459 g/mol. The molecule has 2 aromatic rings. The SMILES string of the molecule is CC1=C(C(=O)OCc2ccccc2)[C@H](c2ccccc2OC(C)C)C2=C(CC(C)(C)CC2=O)N1. The number of ether oxygens (including phenoxy) is 2. The van der Waals surface area contributed by atoms with Gasteiger partial charge in [0, 0.05) is 29.0 Å². The van der Waals surface area contributed by atoms with Gasteiger partial charge in [-0.05, 0) is 44.2 Å². The number of dihydropyridines is 1. The minimum atomic E-state index is -0.543. The Balaban J connectivity index is 1.79. The summed E-state index contributed by atoms with van der Waals surface area (Å²) in [5, 5.41) is 3.39. The van der Waals surface area contributed by atoms with E-state index >= 15 is 0 Å². The summed E-state index contributed by atoms with van der Waals surface area (Å²) in [4.78, 5) is 27.0. The number of hydrogen-bond acceptors (Lipinski definition) is 5. The lowest BCUT2D eigenvalue weighted by Gasteiger charge is -2.39. The van der Waals surface area contributed by atoms with Gasteiger partial charge in [-0.15, -0.1) is 0 Å². The van der Waals surface area contributed by atoms with E-state index < -0.39 is 11.9 Å². The molecule has 1 atom stereocenters. The van der Waals surface area contributed by atoms with Crippen LogP contribution in [0.25, 0.3) is 0 Å². The number of para-hydroxylation sites is 1. The topological polar surface area (TPSA) is 64.6 Å². The molecule has 1 aliphatic carbocycles.